The van der Waals surface area contributed by atoms with Gasteiger partial charge in [-0.25, -0.2) is 14.8 Å². The average molecular weight is 366 g/mol. The minimum atomic E-state index is -0.546. The van der Waals surface area contributed by atoms with E-state index in [-0.39, 0.29) is 29.1 Å². The molecule has 2 rings (SSSR count). The van der Waals surface area contributed by atoms with Gasteiger partial charge in [0.2, 0.25) is 5.91 Å². The van der Waals surface area contributed by atoms with E-state index < -0.39 is 5.97 Å². The molecule has 1 heterocycles. The van der Waals surface area contributed by atoms with E-state index in [0.717, 1.165) is 6.54 Å². The van der Waals surface area contributed by atoms with Crippen molar-refractivity contribution in [3.63, 3.8) is 0 Å². The fourth-order valence-electron chi connectivity index (χ4n) is 2.79. The summed E-state index contributed by atoms with van der Waals surface area (Å²) in [6, 6.07) is 0. The van der Waals surface area contributed by atoms with Crippen LogP contribution < -0.4 is 11.1 Å². The minimum Gasteiger partial charge on any atom is -0.462 e. The molecule has 138 valence electrons. The number of nitrogens with two attached hydrogens (primary N) is 1. The molecule has 1 aliphatic rings. The van der Waals surface area contributed by atoms with Crippen molar-refractivity contribution in [1.29, 1.82) is 0 Å². The fraction of sp³-hybridized carbons (Fsp3) is 0.647. The number of nitrogen functional groups attached to an aromatic ring is 1. The Hall–Kier alpha value is -1.83. The number of rotatable bonds is 7. The topological polar surface area (TPSA) is 107 Å². The van der Waals surface area contributed by atoms with Gasteiger partial charge in [-0.2, -0.15) is 0 Å². The Kier molecular flexibility index (Phi) is 7.49. The first kappa shape index (κ1) is 19.5. The van der Waals surface area contributed by atoms with Crippen LogP contribution in [0.2, 0.25) is 0 Å². The van der Waals surface area contributed by atoms with Crippen LogP contribution in [0.5, 0.6) is 0 Å². The lowest BCUT2D eigenvalue weighted by Crippen LogP contribution is -2.35. The number of nitrogens with zero attached hydrogens (tertiary/aromatic N) is 2. The summed E-state index contributed by atoms with van der Waals surface area (Å²) in [5.74, 6) is 0.0680. The predicted molar refractivity (Wildman–Crippen MR) is 97.3 cm³/mol. The monoisotopic (exact) mass is 366 g/mol. The molecule has 25 heavy (non-hydrogen) atoms. The third-order valence-corrected chi connectivity index (χ3v) is 5.21. The summed E-state index contributed by atoms with van der Waals surface area (Å²) in [6.45, 7) is 4.51. The van der Waals surface area contributed by atoms with Crippen LogP contribution in [0.4, 0.5) is 5.82 Å². The molecule has 1 amide bonds. The molecular weight excluding hydrogens is 340 g/mol. The lowest BCUT2D eigenvalue weighted by atomic mass is 9.89. The van der Waals surface area contributed by atoms with Crippen LogP contribution in [-0.2, 0) is 9.53 Å². The lowest BCUT2D eigenvalue weighted by Gasteiger charge is -2.22. The summed E-state index contributed by atoms with van der Waals surface area (Å²) in [7, 11) is 0. The molecular formula is C17H26N4O3S. The first-order valence-corrected chi connectivity index (χ1v) is 9.63. The first-order chi connectivity index (χ1) is 12.0. The summed E-state index contributed by atoms with van der Waals surface area (Å²) >= 11 is 1.22. The van der Waals surface area contributed by atoms with Crippen molar-refractivity contribution in [2.75, 3.05) is 18.9 Å². The van der Waals surface area contributed by atoms with Crippen molar-refractivity contribution in [3.05, 3.63) is 11.8 Å². The molecule has 1 fully saturated rings. The van der Waals surface area contributed by atoms with Gasteiger partial charge in [0.15, 0.2) is 5.16 Å². The second-order valence-corrected chi connectivity index (χ2v) is 7.49. The van der Waals surface area contributed by atoms with Crippen molar-refractivity contribution in [2.24, 2.45) is 5.92 Å². The summed E-state index contributed by atoms with van der Waals surface area (Å²) < 4.78 is 4.89. The molecule has 1 aliphatic carbocycles. The van der Waals surface area contributed by atoms with Crippen LogP contribution in [0.1, 0.15) is 56.3 Å². The molecule has 1 aromatic rings. The number of thioether (sulfide) groups is 1. The molecule has 0 saturated heterocycles. The van der Waals surface area contributed by atoms with E-state index in [0.29, 0.717) is 11.1 Å². The van der Waals surface area contributed by atoms with Gasteiger partial charge < -0.3 is 15.8 Å². The maximum atomic E-state index is 12.2. The Balaban J connectivity index is 1.86. The van der Waals surface area contributed by atoms with E-state index in [1.807, 2.05) is 0 Å². The largest absolute Gasteiger partial charge is 0.462 e. The molecule has 0 bridgehead atoms. The lowest BCUT2D eigenvalue weighted by molar-refractivity contribution is -0.120. The van der Waals surface area contributed by atoms with E-state index >= 15 is 0 Å². The number of esters is 1. The van der Waals surface area contributed by atoms with Gasteiger partial charge in [-0.3, -0.25) is 4.79 Å². The Morgan fingerprint density at radius 2 is 2.12 bits per heavy atom. The van der Waals surface area contributed by atoms with Crippen molar-refractivity contribution >= 4 is 29.5 Å². The SMILES string of the molecule is CCOC(=O)c1cnc(S[C@H](C)C(=O)NCC2CCCCC2)nc1N. The normalized spacial score (nSPS) is 16.2. The second kappa shape index (κ2) is 9.60. The molecule has 0 spiro atoms. The zero-order chi connectivity index (χ0) is 18.2. The van der Waals surface area contributed by atoms with Crippen LogP contribution >= 0.6 is 11.8 Å². The van der Waals surface area contributed by atoms with Gasteiger partial charge in [0.25, 0.3) is 0 Å². The summed E-state index contributed by atoms with van der Waals surface area (Å²) in [5.41, 5.74) is 5.93. The average Bonchev–Trinajstić information content (AvgIpc) is 2.60. The fourth-order valence-corrected chi connectivity index (χ4v) is 3.56. The zero-order valence-electron chi connectivity index (χ0n) is 14.8. The standard InChI is InChI=1S/C17H26N4O3S/c1-3-24-16(23)13-10-20-17(21-14(13)18)25-11(2)15(22)19-9-12-7-5-4-6-8-12/h10-12H,3-9H2,1-2H3,(H,19,22)(H2,18,20,21)/t11-/m1/s1. The number of hydrogen-bond acceptors (Lipinski definition) is 7. The molecule has 0 aliphatic heterocycles. The van der Waals surface area contributed by atoms with E-state index in [9.17, 15) is 9.59 Å². The number of hydrogen-bond donors (Lipinski definition) is 2. The third kappa shape index (κ3) is 5.88. The van der Waals surface area contributed by atoms with E-state index in [1.54, 1.807) is 13.8 Å². The highest BCUT2D eigenvalue weighted by molar-refractivity contribution is 8.00. The number of carbonyl (C=O) groups excluding carboxylic acids is 2. The van der Waals surface area contributed by atoms with Crippen LogP contribution in [0.3, 0.4) is 0 Å². The maximum absolute atomic E-state index is 12.2. The molecule has 3 N–H and O–H groups in total. The van der Waals surface area contributed by atoms with Gasteiger partial charge in [0.05, 0.1) is 11.9 Å². The summed E-state index contributed by atoms with van der Waals surface area (Å²) in [4.78, 5) is 32.1. The number of anilines is 1. The number of ether oxygens (including phenoxy) is 1. The summed E-state index contributed by atoms with van der Waals surface area (Å²) in [5, 5.41) is 3.04. The number of amides is 1. The Labute approximate surface area is 152 Å². The van der Waals surface area contributed by atoms with Crippen LogP contribution in [0.15, 0.2) is 11.4 Å². The van der Waals surface area contributed by atoms with Gasteiger partial charge in [-0.15, -0.1) is 0 Å². The molecule has 8 heteroatoms. The Bertz CT molecular complexity index is 606. The number of aromatic nitrogens is 2. The van der Waals surface area contributed by atoms with Gasteiger partial charge in [0, 0.05) is 12.7 Å². The van der Waals surface area contributed by atoms with Crippen LogP contribution in [0, 0.1) is 5.92 Å². The van der Waals surface area contributed by atoms with Crippen molar-refractivity contribution in [2.45, 2.75) is 56.4 Å². The molecule has 0 aromatic carbocycles. The molecule has 1 saturated carbocycles. The zero-order valence-corrected chi connectivity index (χ0v) is 15.6. The van der Waals surface area contributed by atoms with Gasteiger partial charge in [0.1, 0.15) is 11.4 Å². The molecule has 1 aromatic heterocycles. The highest BCUT2D eigenvalue weighted by Gasteiger charge is 2.20. The molecule has 0 radical (unpaired) electrons. The van der Waals surface area contributed by atoms with Crippen LogP contribution in [0.25, 0.3) is 0 Å². The third-order valence-electron chi connectivity index (χ3n) is 4.23. The van der Waals surface area contributed by atoms with Gasteiger partial charge in [-0.05, 0) is 32.6 Å². The Morgan fingerprint density at radius 3 is 2.76 bits per heavy atom. The Morgan fingerprint density at radius 1 is 1.40 bits per heavy atom. The highest BCUT2D eigenvalue weighted by Crippen LogP contribution is 2.24. The molecule has 1 atom stereocenters. The highest BCUT2D eigenvalue weighted by atomic mass is 32.2. The second-order valence-electron chi connectivity index (χ2n) is 6.18. The first-order valence-electron chi connectivity index (χ1n) is 8.75. The van der Waals surface area contributed by atoms with Crippen LogP contribution in [-0.4, -0.2) is 40.2 Å². The van der Waals surface area contributed by atoms with Crippen molar-refractivity contribution < 1.29 is 14.3 Å². The van der Waals surface area contributed by atoms with E-state index in [2.05, 4.69) is 15.3 Å². The van der Waals surface area contributed by atoms with Gasteiger partial charge >= 0.3 is 5.97 Å². The quantitative estimate of drug-likeness (QED) is 0.433. The number of carbonyl (C=O) groups is 2. The molecule has 7 nitrogen and oxygen atoms in total. The maximum Gasteiger partial charge on any atom is 0.343 e. The van der Waals surface area contributed by atoms with E-state index in [4.69, 9.17) is 10.5 Å². The number of nitrogens with one attached hydrogen (secondary N) is 1. The predicted octanol–water partition coefficient (Wildman–Crippen LogP) is 2.41. The minimum absolute atomic E-state index is 0.0350. The van der Waals surface area contributed by atoms with E-state index in [1.165, 1.54) is 50.1 Å². The summed E-state index contributed by atoms with van der Waals surface area (Å²) in [6.07, 6.45) is 7.54. The van der Waals surface area contributed by atoms with Gasteiger partial charge in [-0.1, -0.05) is 31.0 Å². The van der Waals surface area contributed by atoms with Crippen molar-refractivity contribution in [1.82, 2.24) is 15.3 Å². The smallest absolute Gasteiger partial charge is 0.343 e. The molecule has 0 unspecified atom stereocenters. The van der Waals surface area contributed by atoms with Crippen molar-refractivity contribution in [3.8, 4) is 0 Å².